The van der Waals surface area contributed by atoms with Crippen molar-refractivity contribution in [1.29, 1.82) is 0 Å². The Labute approximate surface area is 124 Å². The molecule has 1 aromatic carbocycles. The zero-order valence-electron chi connectivity index (χ0n) is 12.7. The molecule has 0 aliphatic heterocycles. The summed E-state index contributed by atoms with van der Waals surface area (Å²) in [6, 6.07) is 5.54. The molecule has 0 spiro atoms. The monoisotopic (exact) mass is 296 g/mol. The van der Waals surface area contributed by atoms with Gasteiger partial charge in [0.25, 0.3) is 11.8 Å². The van der Waals surface area contributed by atoms with Crippen molar-refractivity contribution < 1.29 is 18.9 Å². The van der Waals surface area contributed by atoms with Gasteiger partial charge < -0.3 is 15.5 Å². The van der Waals surface area contributed by atoms with Crippen molar-refractivity contribution in [2.75, 3.05) is 25.5 Å². The first-order chi connectivity index (χ1) is 9.95. The highest BCUT2D eigenvalue weighted by atomic mass is 19.1. The molecule has 1 aromatic rings. The highest BCUT2D eigenvalue weighted by Crippen LogP contribution is 2.12. The van der Waals surface area contributed by atoms with E-state index in [0.29, 0.717) is 6.54 Å². The van der Waals surface area contributed by atoms with Crippen molar-refractivity contribution in [2.45, 2.75) is 26.3 Å². The first-order valence-corrected chi connectivity index (χ1v) is 7.10. The molecule has 3 N–H and O–H groups in total. The zero-order valence-corrected chi connectivity index (χ0v) is 12.7. The molecular weight excluding hydrogens is 273 g/mol. The maximum atomic E-state index is 13.5. The van der Waals surface area contributed by atoms with Gasteiger partial charge in [0.05, 0.1) is 12.7 Å². The second-order valence-corrected chi connectivity index (χ2v) is 5.06. The third-order valence-corrected chi connectivity index (χ3v) is 3.28. The van der Waals surface area contributed by atoms with E-state index in [1.165, 1.54) is 12.1 Å². The van der Waals surface area contributed by atoms with E-state index in [-0.39, 0.29) is 24.0 Å². The highest BCUT2D eigenvalue weighted by molar-refractivity contribution is 5.93. The topological polar surface area (TPSA) is 62.6 Å². The maximum absolute atomic E-state index is 13.5. The van der Waals surface area contributed by atoms with Crippen LogP contribution in [0, 0.1) is 5.82 Å². The number of halogens is 1. The summed E-state index contributed by atoms with van der Waals surface area (Å²) in [5.41, 5.74) is 0.151. The van der Waals surface area contributed by atoms with Gasteiger partial charge in [-0.05, 0) is 25.5 Å². The molecule has 6 heteroatoms. The Morgan fingerprint density at radius 1 is 1.33 bits per heavy atom. The Morgan fingerprint density at radius 2 is 2.00 bits per heavy atom. The van der Waals surface area contributed by atoms with E-state index in [9.17, 15) is 14.0 Å². The molecule has 0 heterocycles. The SMILES string of the molecule is CCCNC(=O)C[NH+](C)[C@@H](C)C(=O)Nc1ccccc1F. The number of amides is 2. The van der Waals surface area contributed by atoms with Gasteiger partial charge in [0, 0.05) is 6.54 Å². The Bertz CT molecular complexity index is 494. The van der Waals surface area contributed by atoms with Crippen molar-refractivity contribution in [1.82, 2.24) is 5.32 Å². The third-order valence-electron chi connectivity index (χ3n) is 3.28. The van der Waals surface area contributed by atoms with Crippen molar-refractivity contribution in [3.8, 4) is 0 Å². The van der Waals surface area contributed by atoms with Crippen molar-refractivity contribution in [3.63, 3.8) is 0 Å². The van der Waals surface area contributed by atoms with Crippen LogP contribution in [0.15, 0.2) is 24.3 Å². The summed E-state index contributed by atoms with van der Waals surface area (Å²) in [6.07, 6.45) is 0.869. The van der Waals surface area contributed by atoms with E-state index in [1.54, 1.807) is 26.1 Å². The van der Waals surface area contributed by atoms with Gasteiger partial charge in [0.15, 0.2) is 12.6 Å². The van der Waals surface area contributed by atoms with Crippen LogP contribution in [-0.2, 0) is 9.59 Å². The Hall–Kier alpha value is -1.95. The van der Waals surface area contributed by atoms with Crippen LogP contribution in [0.4, 0.5) is 10.1 Å². The van der Waals surface area contributed by atoms with Crippen LogP contribution >= 0.6 is 0 Å². The first kappa shape index (κ1) is 17.1. The van der Waals surface area contributed by atoms with Gasteiger partial charge in [-0.1, -0.05) is 19.1 Å². The molecule has 0 fully saturated rings. The van der Waals surface area contributed by atoms with Gasteiger partial charge in [-0.15, -0.1) is 0 Å². The summed E-state index contributed by atoms with van der Waals surface area (Å²) in [7, 11) is 1.76. The Morgan fingerprint density at radius 3 is 2.62 bits per heavy atom. The summed E-state index contributed by atoms with van der Waals surface area (Å²) >= 11 is 0. The zero-order chi connectivity index (χ0) is 15.8. The second-order valence-electron chi connectivity index (χ2n) is 5.06. The summed E-state index contributed by atoms with van der Waals surface area (Å²) in [5.74, 6) is -0.892. The smallest absolute Gasteiger partial charge is 0.282 e. The number of anilines is 1. The lowest BCUT2D eigenvalue weighted by Gasteiger charge is -2.20. The molecule has 0 aliphatic carbocycles. The lowest BCUT2D eigenvalue weighted by Crippen LogP contribution is -3.15. The molecular formula is C15H23FN3O2+. The fraction of sp³-hybridized carbons (Fsp3) is 0.467. The van der Waals surface area contributed by atoms with Crippen LogP contribution in [0.25, 0.3) is 0 Å². The van der Waals surface area contributed by atoms with Crippen LogP contribution in [-0.4, -0.2) is 38.0 Å². The van der Waals surface area contributed by atoms with E-state index in [0.717, 1.165) is 11.3 Å². The molecule has 1 rings (SSSR count). The van der Waals surface area contributed by atoms with Gasteiger partial charge in [-0.3, -0.25) is 9.59 Å². The highest BCUT2D eigenvalue weighted by Gasteiger charge is 2.24. The normalized spacial score (nSPS) is 13.3. The van der Waals surface area contributed by atoms with Crippen LogP contribution in [0.2, 0.25) is 0 Å². The molecule has 0 aliphatic rings. The average molecular weight is 296 g/mol. The van der Waals surface area contributed by atoms with Crippen molar-refractivity contribution >= 4 is 17.5 Å². The number of quaternary nitrogens is 1. The van der Waals surface area contributed by atoms with Crippen LogP contribution in [0.1, 0.15) is 20.3 Å². The van der Waals surface area contributed by atoms with E-state index in [2.05, 4.69) is 10.6 Å². The number of hydrogen-bond acceptors (Lipinski definition) is 2. The van der Waals surface area contributed by atoms with Gasteiger partial charge in [0.2, 0.25) is 0 Å². The fourth-order valence-electron chi connectivity index (χ4n) is 1.76. The molecule has 0 radical (unpaired) electrons. The largest absolute Gasteiger partial charge is 0.351 e. The minimum absolute atomic E-state index is 0.0973. The number of carbonyl (C=O) groups excluding carboxylic acids is 2. The third kappa shape index (κ3) is 5.51. The van der Waals surface area contributed by atoms with E-state index < -0.39 is 11.9 Å². The molecule has 21 heavy (non-hydrogen) atoms. The quantitative estimate of drug-likeness (QED) is 0.673. The summed E-state index contributed by atoms with van der Waals surface area (Å²) < 4.78 is 13.5. The second kappa shape index (κ2) is 8.36. The predicted molar refractivity (Wildman–Crippen MR) is 79.5 cm³/mol. The molecule has 5 nitrogen and oxygen atoms in total. The maximum Gasteiger partial charge on any atom is 0.282 e. The number of hydrogen-bond donors (Lipinski definition) is 3. The number of nitrogens with one attached hydrogen (secondary N) is 3. The molecule has 0 saturated heterocycles. The van der Waals surface area contributed by atoms with Crippen LogP contribution in [0.5, 0.6) is 0 Å². The molecule has 0 bridgehead atoms. The summed E-state index contributed by atoms with van der Waals surface area (Å²) in [5, 5.41) is 5.31. The van der Waals surface area contributed by atoms with Crippen molar-refractivity contribution in [3.05, 3.63) is 30.1 Å². The molecule has 0 aromatic heterocycles. The van der Waals surface area contributed by atoms with Crippen LogP contribution < -0.4 is 15.5 Å². The molecule has 1 unspecified atom stereocenters. The van der Waals surface area contributed by atoms with Gasteiger partial charge in [0.1, 0.15) is 5.82 Å². The molecule has 2 atom stereocenters. The first-order valence-electron chi connectivity index (χ1n) is 7.10. The lowest BCUT2D eigenvalue weighted by atomic mass is 10.2. The fourth-order valence-corrected chi connectivity index (χ4v) is 1.76. The summed E-state index contributed by atoms with van der Waals surface area (Å²) in [6.45, 7) is 4.51. The number of rotatable bonds is 7. The number of likely N-dealkylation sites (N-methyl/N-ethyl adjacent to an activating group) is 1. The minimum Gasteiger partial charge on any atom is -0.351 e. The van der Waals surface area contributed by atoms with Crippen molar-refractivity contribution in [2.24, 2.45) is 0 Å². The standard InChI is InChI=1S/C15H22FN3O2/c1-4-9-17-14(20)10-19(3)11(2)15(21)18-13-8-6-5-7-12(13)16/h5-8,11H,4,9-10H2,1-3H3,(H,17,20)(H,18,21)/p+1/t11-/m0/s1. The molecule has 0 saturated carbocycles. The lowest BCUT2D eigenvalue weighted by molar-refractivity contribution is -0.885. The molecule has 2 amide bonds. The number of carbonyl (C=O) groups is 2. The Kier molecular flexibility index (Phi) is 6.81. The van der Waals surface area contributed by atoms with Gasteiger partial charge in [-0.2, -0.15) is 0 Å². The van der Waals surface area contributed by atoms with Gasteiger partial charge in [-0.25, -0.2) is 4.39 Å². The minimum atomic E-state index is -0.476. The predicted octanol–water partition coefficient (Wildman–Crippen LogP) is 0.194. The van der Waals surface area contributed by atoms with Crippen LogP contribution in [0.3, 0.4) is 0 Å². The number of para-hydroxylation sites is 1. The molecule has 116 valence electrons. The van der Waals surface area contributed by atoms with E-state index in [1.807, 2.05) is 6.92 Å². The Balaban J connectivity index is 2.53. The van der Waals surface area contributed by atoms with Gasteiger partial charge >= 0.3 is 0 Å². The van der Waals surface area contributed by atoms with E-state index >= 15 is 0 Å². The average Bonchev–Trinajstić information content (AvgIpc) is 2.46. The number of benzene rings is 1. The van der Waals surface area contributed by atoms with E-state index in [4.69, 9.17) is 0 Å². The summed E-state index contributed by atoms with van der Waals surface area (Å²) in [4.78, 5) is 24.4.